The number of rotatable bonds is 5. The molecule has 1 amide bonds. The van der Waals surface area contributed by atoms with Gasteiger partial charge >= 0.3 is 6.09 Å². The number of ether oxygens (including phenoxy) is 2. The number of benzene rings is 1. The van der Waals surface area contributed by atoms with Gasteiger partial charge in [0.1, 0.15) is 17.0 Å². The Hall–Kier alpha value is -1.90. The maximum absolute atomic E-state index is 13.5. The van der Waals surface area contributed by atoms with Crippen LogP contribution in [0.15, 0.2) is 41.3 Å². The Morgan fingerprint density at radius 2 is 1.76 bits per heavy atom. The summed E-state index contributed by atoms with van der Waals surface area (Å²) in [6.45, 7) is 8.59. The molecular weight excluding hydrogens is 394 g/mol. The fourth-order valence-corrected chi connectivity index (χ4v) is 5.81. The molecule has 3 rings (SSSR count). The van der Waals surface area contributed by atoms with Gasteiger partial charge in [-0.3, -0.25) is 4.90 Å². The Morgan fingerprint density at radius 1 is 1.17 bits per heavy atom. The van der Waals surface area contributed by atoms with Crippen molar-refractivity contribution in [2.45, 2.75) is 74.7 Å². The van der Waals surface area contributed by atoms with Crippen LogP contribution in [0, 0.1) is 6.92 Å². The molecule has 1 saturated heterocycles. The molecular formula is C21H29NO6S. The normalized spacial score (nSPS) is 27.3. The van der Waals surface area contributed by atoms with Crippen molar-refractivity contribution in [3.8, 4) is 0 Å². The van der Waals surface area contributed by atoms with Gasteiger partial charge in [-0.2, -0.15) is 0 Å². The fraction of sp³-hybridized carbons (Fsp3) is 0.571. The number of carbonyl (C=O) groups is 1. The van der Waals surface area contributed by atoms with Crippen LogP contribution in [-0.4, -0.2) is 66.3 Å². The molecule has 1 aromatic rings. The topological polar surface area (TPSA) is 93.1 Å². The predicted octanol–water partition coefficient (Wildman–Crippen LogP) is 2.46. The average molecular weight is 424 g/mol. The van der Waals surface area contributed by atoms with Crippen molar-refractivity contribution in [1.82, 2.24) is 4.90 Å². The van der Waals surface area contributed by atoms with Crippen LogP contribution in [0.1, 0.15) is 33.3 Å². The Balaban J connectivity index is 2.00. The molecule has 8 heteroatoms. The number of fused-ring (bicyclic) bond motifs is 2. The number of amides is 1. The molecule has 2 bridgehead atoms. The van der Waals surface area contributed by atoms with Gasteiger partial charge < -0.3 is 14.6 Å². The molecule has 160 valence electrons. The maximum Gasteiger partial charge on any atom is 0.411 e. The van der Waals surface area contributed by atoms with Crippen molar-refractivity contribution in [1.29, 1.82) is 0 Å². The molecule has 0 spiro atoms. The molecule has 2 aliphatic heterocycles. The lowest BCUT2D eigenvalue weighted by Gasteiger charge is -2.28. The Labute approximate surface area is 172 Å². The van der Waals surface area contributed by atoms with E-state index in [1.165, 1.54) is 4.90 Å². The van der Waals surface area contributed by atoms with Crippen molar-refractivity contribution in [2.24, 2.45) is 0 Å². The van der Waals surface area contributed by atoms with Crippen LogP contribution in [0.2, 0.25) is 0 Å². The van der Waals surface area contributed by atoms with Gasteiger partial charge in [-0.15, -0.1) is 0 Å². The Morgan fingerprint density at radius 3 is 2.31 bits per heavy atom. The zero-order chi connectivity index (χ0) is 21.6. The van der Waals surface area contributed by atoms with Crippen molar-refractivity contribution in [3.63, 3.8) is 0 Å². The molecule has 1 N–H and O–H groups in total. The van der Waals surface area contributed by atoms with Crippen LogP contribution in [0.5, 0.6) is 0 Å². The van der Waals surface area contributed by atoms with E-state index < -0.39 is 51.1 Å². The first-order valence-corrected chi connectivity index (χ1v) is 11.3. The lowest BCUT2D eigenvalue weighted by atomic mass is 10.0. The van der Waals surface area contributed by atoms with Gasteiger partial charge in [-0.1, -0.05) is 29.8 Å². The second kappa shape index (κ2) is 7.74. The number of hydrogen-bond acceptors (Lipinski definition) is 6. The van der Waals surface area contributed by atoms with Crippen molar-refractivity contribution < 1.29 is 27.8 Å². The minimum atomic E-state index is -3.81. The van der Waals surface area contributed by atoms with Gasteiger partial charge in [0.05, 0.1) is 29.7 Å². The molecule has 5 atom stereocenters. The van der Waals surface area contributed by atoms with Crippen LogP contribution in [-0.2, 0) is 19.3 Å². The van der Waals surface area contributed by atoms with E-state index in [1.807, 2.05) is 6.92 Å². The Bertz CT molecular complexity index is 887. The third kappa shape index (κ3) is 4.20. The van der Waals surface area contributed by atoms with E-state index >= 15 is 0 Å². The van der Waals surface area contributed by atoms with E-state index in [4.69, 9.17) is 9.47 Å². The second-order valence-corrected chi connectivity index (χ2v) is 10.8. The number of nitrogens with zero attached hydrogens (tertiary/aromatic N) is 1. The van der Waals surface area contributed by atoms with E-state index in [1.54, 1.807) is 64.1 Å². The van der Waals surface area contributed by atoms with Crippen molar-refractivity contribution >= 4 is 15.9 Å². The quantitative estimate of drug-likeness (QED) is 0.732. The van der Waals surface area contributed by atoms with Crippen LogP contribution in [0.4, 0.5) is 4.79 Å². The molecule has 0 radical (unpaired) electrons. The molecule has 0 saturated carbocycles. The molecule has 0 aromatic heterocycles. The van der Waals surface area contributed by atoms with E-state index in [-0.39, 0.29) is 11.5 Å². The molecule has 0 aliphatic carbocycles. The third-order valence-electron chi connectivity index (χ3n) is 5.10. The zero-order valence-electron chi connectivity index (χ0n) is 17.4. The number of hydrogen-bond donors (Lipinski definition) is 1. The van der Waals surface area contributed by atoms with Gasteiger partial charge in [0.15, 0.2) is 9.84 Å². The summed E-state index contributed by atoms with van der Waals surface area (Å²) in [6.07, 6.45) is 1.57. The minimum Gasteiger partial charge on any atom is -0.444 e. The monoisotopic (exact) mass is 423 g/mol. The zero-order valence-corrected chi connectivity index (χ0v) is 18.2. The summed E-state index contributed by atoms with van der Waals surface area (Å²) >= 11 is 0. The lowest BCUT2D eigenvalue weighted by Crippen LogP contribution is -2.44. The highest BCUT2D eigenvalue weighted by Gasteiger charge is 2.59. The molecule has 1 aromatic carbocycles. The summed E-state index contributed by atoms with van der Waals surface area (Å²) in [5.41, 5.74) is 0.244. The van der Waals surface area contributed by atoms with Crippen LogP contribution < -0.4 is 0 Å². The lowest BCUT2D eigenvalue weighted by molar-refractivity contribution is -0.0366. The molecule has 0 unspecified atom stereocenters. The number of aryl methyl sites for hydroxylation is 1. The van der Waals surface area contributed by atoms with E-state index in [0.717, 1.165) is 5.56 Å². The highest BCUT2D eigenvalue weighted by molar-refractivity contribution is 7.92. The van der Waals surface area contributed by atoms with Gasteiger partial charge in [0, 0.05) is 0 Å². The predicted molar refractivity (Wildman–Crippen MR) is 108 cm³/mol. The van der Waals surface area contributed by atoms with E-state index in [2.05, 4.69) is 0 Å². The summed E-state index contributed by atoms with van der Waals surface area (Å²) in [6, 6.07) is 5.36. The first-order valence-electron chi connectivity index (χ1n) is 9.72. The summed E-state index contributed by atoms with van der Waals surface area (Å²) in [5.74, 6) is 0. The molecule has 7 nitrogen and oxygen atoms in total. The van der Waals surface area contributed by atoms with Gasteiger partial charge in [0.25, 0.3) is 0 Å². The van der Waals surface area contributed by atoms with Gasteiger partial charge in [-0.05, 0) is 46.8 Å². The first-order chi connectivity index (χ1) is 13.5. The maximum atomic E-state index is 13.5. The van der Waals surface area contributed by atoms with Crippen LogP contribution in [0.25, 0.3) is 0 Å². The van der Waals surface area contributed by atoms with Crippen molar-refractivity contribution in [2.75, 3.05) is 6.61 Å². The highest BCUT2D eigenvalue weighted by atomic mass is 32.2. The van der Waals surface area contributed by atoms with Gasteiger partial charge in [0.2, 0.25) is 0 Å². The Kier molecular flexibility index (Phi) is 5.82. The summed E-state index contributed by atoms with van der Waals surface area (Å²) < 4.78 is 38.5. The van der Waals surface area contributed by atoms with Crippen LogP contribution >= 0.6 is 0 Å². The second-order valence-electron chi connectivity index (χ2n) is 8.67. The van der Waals surface area contributed by atoms with E-state index in [9.17, 15) is 18.3 Å². The molecule has 29 heavy (non-hydrogen) atoms. The smallest absolute Gasteiger partial charge is 0.411 e. The molecule has 2 heterocycles. The minimum absolute atomic E-state index is 0.184. The number of aliphatic hydroxyl groups excluding tert-OH is 1. The molecule has 1 fully saturated rings. The van der Waals surface area contributed by atoms with E-state index in [0.29, 0.717) is 0 Å². The van der Waals surface area contributed by atoms with Crippen LogP contribution in [0.3, 0.4) is 0 Å². The molecule has 2 aliphatic rings. The SMILES string of the molecule is Cc1ccc(S(=O)(=O)[C@H]2[C@H](O[C@@H](C)CO)[C@H]3C=C[C@@H]2N3C(=O)OC(C)(C)C)cc1. The number of sulfone groups is 1. The number of aliphatic hydroxyl groups is 1. The summed E-state index contributed by atoms with van der Waals surface area (Å²) in [5, 5.41) is 8.45. The first kappa shape index (κ1) is 21.8. The third-order valence-corrected chi connectivity index (χ3v) is 7.30. The summed E-state index contributed by atoms with van der Waals surface area (Å²) in [7, 11) is -3.81. The largest absolute Gasteiger partial charge is 0.444 e. The summed E-state index contributed by atoms with van der Waals surface area (Å²) in [4.78, 5) is 14.5. The fourth-order valence-electron chi connectivity index (χ4n) is 3.81. The number of carbonyl (C=O) groups excluding carboxylic acids is 1. The average Bonchev–Trinajstić information content (AvgIpc) is 3.17. The highest BCUT2D eigenvalue weighted by Crippen LogP contribution is 2.41. The van der Waals surface area contributed by atoms with Crippen molar-refractivity contribution in [3.05, 3.63) is 42.0 Å². The van der Waals surface area contributed by atoms with Gasteiger partial charge in [-0.25, -0.2) is 13.2 Å². The standard InChI is InChI=1S/C21H29NO6S/c1-13-6-8-15(9-7-13)29(25,26)19-17-11-10-16(18(19)27-14(2)12-23)22(17)20(24)28-21(3,4)5/h6-11,14,16-19,23H,12H2,1-5H3/t14-,16+,17-,18+,19+/m0/s1.